The van der Waals surface area contributed by atoms with E-state index in [0.717, 1.165) is 0 Å². The fourth-order valence-corrected chi connectivity index (χ4v) is 2.07. The third-order valence-electron chi connectivity index (χ3n) is 3.03. The summed E-state index contributed by atoms with van der Waals surface area (Å²) in [5.41, 5.74) is 0.937. The Hall–Kier alpha value is -2.33. The fraction of sp³-hybridized carbons (Fsp3) is 0.125. The molecule has 0 spiro atoms. The molecular formula is C16H13ClO4. The van der Waals surface area contributed by atoms with Gasteiger partial charge >= 0.3 is 0 Å². The summed E-state index contributed by atoms with van der Waals surface area (Å²) >= 11 is 5.80. The summed E-state index contributed by atoms with van der Waals surface area (Å²) < 4.78 is 10.3. The van der Waals surface area contributed by atoms with E-state index in [1.807, 2.05) is 0 Å². The van der Waals surface area contributed by atoms with Gasteiger partial charge in [-0.3, -0.25) is 9.59 Å². The predicted molar refractivity (Wildman–Crippen MR) is 79.8 cm³/mol. The number of carbonyl (C=O) groups is 2. The molecule has 2 aromatic rings. The van der Waals surface area contributed by atoms with Crippen molar-refractivity contribution < 1.29 is 19.1 Å². The minimum absolute atomic E-state index is 0.243. The van der Waals surface area contributed by atoms with E-state index in [1.54, 1.807) is 24.3 Å². The van der Waals surface area contributed by atoms with Crippen LogP contribution >= 0.6 is 11.6 Å². The lowest BCUT2D eigenvalue weighted by Gasteiger charge is -2.11. The van der Waals surface area contributed by atoms with E-state index >= 15 is 0 Å². The molecule has 0 bridgehead atoms. The van der Waals surface area contributed by atoms with Crippen molar-refractivity contribution >= 4 is 23.7 Å². The van der Waals surface area contributed by atoms with Gasteiger partial charge in [0.15, 0.2) is 23.6 Å². The summed E-state index contributed by atoms with van der Waals surface area (Å²) in [4.78, 5) is 23.7. The average molecular weight is 305 g/mol. The highest BCUT2D eigenvalue weighted by atomic mass is 35.5. The van der Waals surface area contributed by atoms with Crippen LogP contribution in [-0.4, -0.2) is 26.3 Å². The molecule has 0 saturated heterocycles. The molecule has 0 aliphatic rings. The maximum atomic E-state index is 12.5. The number of methoxy groups -OCH3 is 2. The van der Waals surface area contributed by atoms with Crippen molar-refractivity contribution in [2.45, 2.75) is 0 Å². The average Bonchev–Trinajstić information content (AvgIpc) is 2.53. The fourth-order valence-electron chi connectivity index (χ4n) is 1.95. The summed E-state index contributed by atoms with van der Waals surface area (Å²) in [7, 11) is 2.93. The van der Waals surface area contributed by atoms with E-state index in [4.69, 9.17) is 21.1 Å². The van der Waals surface area contributed by atoms with Gasteiger partial charge in [-0.05, 0) is 36.4 Å². The number of ketones is 1. The van der Waals surface area contributed by atoms with E-state index in [-0.39, 0.29) is 16.9 Å². The summed E-state index contributed by atoms with van der Waals surface area (Å²) in [6.45, 7) is 0. The standard InChI is InChI=1S/C16H13ClO4/c1-20-14-7-11(9-18)13(8-15(14)21-2)16(19)10-3-5-12(17)6-4-10/h3-9H,1-2H3. The van der Waals surface area contributed by atoms with Gasteiger partial charge in [-0.15, -0.1) is 0 Å². The molecule has 0 amide bonds. The van der Waals surface area contributed by atoms with E-state index in [9.17, 15) is 9.59 Å². The van der Waals surface area contributed by atoms with Crippen LogP contribution in [0.25, 0.3) is 0 Å². The molecule has 0 radical (unpaired) electrons. The van der Waals surface area contributed by atoms with E-state index in [2.05, 4.69) is 0 Å². The van der Waals surface area contributed by atoms with Crippen LogP contribution in [0, 0.1) is 0 Å². The van der Waals surface area contributed by atoms with E-state index in [1.165, 1.54) is 26.4 Å². The molecule has 0 saturated carbocycles. The van der Waals surface area contributed by atoms with Crippen molar-refractivity contribution in [3.63, 3.8) is 0 Å². The van der Waals surface area contributed by atoms with Gasteiger partial charge in [-0.1, -0.05) is 11.6 Å². The van der Waals surface area contributed by atoms with Gasteiger partial charge in [0.05, 0.1) is 14.2 Å². The van der Waals surface area contributed by atoms with Crippen LogP contribution in [0.5, 0.6) is 11.5 Å². The first kappa shape index (κ1) is 15.1. The van der Waals surface area contributed by atoms with Gasteiger partial charge < -0.3 is 9.47 Å². The van der Waals surface area contributed by atoms with Crippen LogP contribution in [0.3, 0.4) is 0 Å². The van der Waals surface area contributed by atoms with Crippen molar-refractivity contribution in [3.8, 4) is 11.5 Å². The van der Waals surface area contributed by atoms with Crippen molar-refractivity contribution in [3.05, 3.63) is 58.1 Å². The van der Waals surface area contributed by atoms with E-state index in [0.29, 0.717) is 28.4 Å². The second kappa shape index (κ2) is 6.41. The SMILES string of the molecule is COc1cc(C=O)c(C(=O)c2ccc(Cl)cc2)cc1OC. The van der Waals surface area contributed by atoms with Crippen LogP contribution in [0.4, 0.5) is 0 Å². The highest BCUT2D eigenvalue weighted by Crippen LogP contribution is 2.31. The third kappa shape index (κ3) is 3.06. The largest absolute Gasteiger partial charge is 0.493 e. The molecule has 0 N–H and O–H groups in total. The zero-order chi connectivity index (χ0) is 15.4. The molecule has 0 aliphatic carbocycles. The Morgan fingerprint density at radius 3 is 2.14 bits per heavy atom. The Balaban J connectivity index is 2.53. The summed E-state index contributed by atoms with van der Waals surface area (Å²) in [5, 5.41) is 0.537. The molecule has 0 fully saturated rings. The smallest absolute Gasteiger partial charge is 0.193 e. The number of benzene rings is 2. The Morgan fingerprint density at radius 1 is 1.05 bits per heavy atom. The Kier molecular flexibility index (Phi) is 4.60. The lowest BCUT2D eigenvalue weighted by molar-refractivity contribution is 0.102. The minimum Gasteiger partial charge on any atom is -0.493 e. The molecule has 0 aromatic heterocycles. The van der Waals surface area contributed by atoms with Crippen LogP contribution in [0.2, 0.25) is 5.02 Å². The molecule has 5 heteroatoms. The van der Waals surface area contributed by atoms with Crippen LogP contribution in [0.15, 0.2) is 36.4 Å². The van der Waals surface area contributed by atoms with Crippen molar-refractivity contribution in [1.82, 2.24) is 0 Å². The van der Waals surface area contributed by atoms with Gasteiger partial charge in [0.2, 0.25) is 0 Å². The second-order valence-corrected chi connectivity index (χ2v) is 4.68. The van der Waals surface area contributed by atoms with Crippen LogP contribution < -0.4 is 9.47 Å². The third-order valence-corrected chi connectivity index (χ3v) is 3.29. The first-order valence-electron chi connectivity index (χ1n) is 6.12. The quantitative estimate of drug-likeness (QED) is 0.627. The molecule has 0 heterocycles. The van der Waals surface area contributed by atoms with Crippen LogP contribution in [0.1, 0.15) is 26.3 Å². The molecule has 108 valence electrons. The summed E-state index contributed by atoms with van der Waals surface area (Å²) in [6, 6.07) is 9.44. The van der Waals surface area contributed by atoms with E-state index < -0.39 is 0 Å². The first-order chi connectivity index (χ1) is 10.1. The molecule has 0 aliphatic heterocycles. The molecule has 2 rings (SSSR count). The molecule has 2 aromatic carbocycles. The minimum atomic E-state index is -0.283. The lowest BCUT2D eigenvalue weighted by Crippen LogP contribution is -2.06. The number of ether oxygens (including phenoxy) is 2. The monoisotopic (exact) mass is 304 g/mol. The zero-order valence-corrected chi connectivity index (χ0v) is 12.3. The lowest BCUT2D eigenvalue weighted by atomic mass is 9.98. The van der Waals surface area contributed by atoms with Gasteiger partial charge in [0.25, 0.3) is 0 Å². The molecule has 4 nitrogen and oxygen atoms in total. The van der Waals surface area contributed by atoms with Crippen LogP contribution in [-0.2, 0) is 0 Å². The topological polar surface area (TPSA) is 52.6 Å². The van der Waals surface area contributed by atoms with Gasteiger partial charge in [-0.25, -0.2) is 0 Å². The maximum Gasteiger partial charge on any atom is 0.193 e. The first-order valence-corrected chi connectivity index (χ1v) is 6.50. The Bertz CT molecular complexity index is 677. The van der Waals surface area contributed by atoms with Gasteiger partial charge in [0.1, 0.15) is 0 Å². The van der Waals surface area contributed by atoms with Crippen molar-refractivity contribution in [1.29, 1.82) is 0 Å². The number of aldehydes is 1. The highest BCUT2D eigenvalue weighted by Gasteiger charge is 2.18. The number of rotatable bonds is 5. The number of halogens is 1. The summed E-state index contributed by atoms with van der Waals surface area (Å²) in [5.74, 6) is 0.502. The van der Waals surface area contributed by atoms with Gasteiger partial charge in [0, 0.05) is 21.7 Å². The van der Waals surface area contributed by atoms with Gasteiger partial charge in [-0.2, -0.15) is 0 Å². The number of hydrogen-bond acceptors (Lipinski definition) is 4. The second-order valence-electron chi connectivity index (χ2n) is 4.25. The Morgan fingerprint density at radius 2 is 1.62 bits per heavy atom. The molecule has 0 unspecified atom stereocenters. The van der Waals surface area contributed by atoms with Crippen molar-refractivity contribution in [2.75, 3.05) is 14.2 Å². The summed E-state index contributed by atoms with van der Waals surface area (Å²) in [6.07, 6.45) is 0.616. The number of hydrogen-bond donors (Lipinski definition) is 0. The van der Waals surface area contributed by atoms with Crippen molar-refractivity contribution in [2.24, 2.45) is 0 Å². The molecule has 21 heavy (non-hydrogen) atoms. The Labute approximate surface area is 127 Å². The number of carbonyl (C=O) groups excluding carboxylic acids is 2. The zero-order valence-electron chi connectivity index (χ0n) is 11.6. The predicted octanol–water partition coefficient (Wildman–Crippen LogP) is 3.40. The highest BCUT2D eigenvalue weighted by molar-refractivity contribution is 6.30. The molecular weight excluding hydrogens is 292 g/mol. The molecule has 0 atom stereocenters. The maximum absolute atomic E-state index is 12.5. The normalized spacial score (nSPS) is 10.0.